The molecular formula is C15H20O4S. The minimum absolute atomic E-state index is 0.0564. The Morgan fingerprint density at radius 3 is 2.40 bits per heavy atom. The first-order valence-electron chi connectivity index (χ1n) is 6.61. The van der Waals surface area contributed by atoms with Gasteiger partial charge in [0.05, 0.1) is 24.2 Å². The molecule has 0 bridgehead atoms. The smallest absolute Gasteiger partial charge is 0.297 e. The van der Waals surface area contributed by atoms with Crippen molar-refractivity contribution in [3.63, 3.8) is 0 Å². The summed E-state index contributed by atoms with van der Waals surface area (Å²) >= 11 is 0. The number of benzene rings is 1. The summed E-state index contributed by atoms with van der Waals surface area (Å²) in [5.41, 5.74) is 3.47. The van der Waals surface area contributed by atoms with Gasteiger partial charge in [-0.15, -0.1) is 0 Å². The van der Waals surface area contributed by atoms with Gasteiger partial charge in [-0.2, -0.15) is 8.42 Å². The summed E-state index contributed by atoms with van der Waals surface area (Å²) in [4.78, 5) is 0.183. The van der Waals surface area contributed by atoms with Crippen molar-refractivity contribution in [2.75, 3.05) is 13.2 Å². The van der Waals surface area contributed by atoms with Crippen molar-refractivity contribution >= 4 is 10.1 Å². The molecule has 110 valence electrons. The highest BCUT2D eigenvalue weighted by Crippen LogP contribution is 2.21. The maximum atomic E-state index is 12.0. The fourth-order valence-corrected chi connectivity index (χ4v) is 2.92. The normalized spacial score (nSPS) is 20.2. The molecule has 20 heavy (non-hydrogen) atoms. The van der Waals surface area contributed by atoms with Gasteiger partial charge in [-0.25, -0.2) is 0 Å². The molecule has 0 spiro atoms. The van der Waals surface area contributed by atoms with Gasteiger partial charge in [0.25, 0.3) is 10.1 Å². The molecule has 0 fully saturated rings. The van der Waals surface area contributed by atoms with Crippen LogP contribution in [0.15, 0.2) is 40.3 Å². The fourth-order valence-electron chi connectivity index (χ4n) is 1.99. The molecule has 1 aliphatic rings. The Morgan fingerprint density at radius 2 is 1.80 bits per heavy atom. The Hall–Kier alpha value is -1.17. The Kier molecular flexibility index (Phi) is 4.62. The predicted molar refractivity (Wildman–Crippen MR) is 77.0 cm³/mol. The van der Waals surface area contributed by atoms with E-state index in [4.69, 9.17) is 8.92 Å². The Morgan fingerprint density at radius 1 is 1.15 bits per heavy atom. The van der Waals surface area contributed by atoms with Crippen molar-refractivity contribution in [1.82, 2.24) is 0 Å². The molecule has 1 atom stereocenters. The van der Waals surface area contributed by atoms with Crippen LogP contribution in [0.25, 0.3) is 0 Å². The molecule has 1 aromatic rings. The van der Waals surface area contributed by atoms with E-state index >= 15 is 0 Å². The lowest BCUT2D eigenvalue weighted by Gasteiger charge is -2.24. The molecule has 0 saturated heterocycles. The Labute approximate surface area is 120 Å². The molecule has 0 saturated carbocycles. The average Bonchev–Trinajstić information content (AvgIpc) is 2.41. The largest absolute Gasteiger partial charge is 0.371 e. The third-order valence-electron chi connectivity index (χ3n) is 3.52. The molecule has 5 heteroatoms. The van der Waals surface area contributed by atoms with Crippen molar-refractivity contribution in [1.29, 1.82) is 0 Å². The molecule has 0 radical (unpaired) electrons. The van der Waals surface area contributed by atoms with E-state index in [-0.39, 0.29) is 17.6 Å². The second kappa shape index (κ2) is 6.08. The highest BCUT2D eigenvalue weighted by Gasteiger charge is 2.22. The van der Waals surface area contributed by atoms with E-state index in [9.17, 15) is 8.42 Å². The van der Waals surface area contributed by atoms with E-state index in [1.54, 1.807) is 24.3 Å². The average molecular weight is 296 g/mol. The SMILES string of the molecule is CC1=C(C)CC(COS(=O)(=O)c2ccc(C)cc2)OC1. The highest BCUT2D eigenvalue weighted by atomic mass is 32.2. The van der Waals surface area contributed by atoms with Crippen LogP contribution in [0.5, 0.6) is 0 Å². The third-order valence-corrected chi connectivity index (χ3v) is 4.81. The second-order valence-corrected chi connectivity index (χ2v) is 6.86. The van der Waals surface area contributed by atoms with Gasteiger partial charge in [-0.05, 0) is 44.9 Å². The minimum Gasteiger partial charge on any atom is -0.371 e. The van der Waals surface area contributed by atoms with Crippen LogP contribution in [-0.4, -0.2) is 27.7 Å². The van der Waals surface area contributed by atoms with Crippen LogP contribution in [0, 0.1) is 6.92 Å². The van der Waals surface area contributed by atoms with E-state index in [1.807, 2.05) is 20.8 Å². The molecule has 2 rings (SSSR count). The van der Waals surface area contributed by atoms with Gasteiger partial charge < -0.3 is 4.74 Å². The zero-order chi connectivity index (χ0) is 14.8. The second-order valence-electron chi connectivity index (χ2n) is 5.25. The lowest BCUT2D eigenvalue weighted by Crippen LogP contribution is -2.27. The van der Waals surface area contributed by atoms with E-state index in [2.05, 4.69) is 0 Å². The molecular weight excluding hydrogens is 276 g/mol. The lowest BCUT2D eigenvalue weighted by atomic mass is 10.0. The molecule has 1 aromatic carbocycles. The summed E-state index contributed by atoms with van der Waals surface area (Å²) in [7, 11) is -3.70. The number of ether oxygens (including phenoxy) is 1. The number of hydrogen-bond acceptors (Lipinski definition) is 4. The van der Waals surface area contributed by atoms with Gasteiger partial charge in [-0.1, -0.05) is 23.3 Å². The molecule has 0 amide bonds. The van der Waals surface area contributed by atoms with Crippen LogP contribution in [0.4, 0.5) is 0 Å². The van der Waals surface area contributed by atoms with E-state index in [0.29, 0.717) is 6.61 Å². The van der Waals surface area contributed by atoms with Crippen LogP contribution in [0.1, 0.15) is 25.8 Å². The molecule has 0 aliphatic carbocycles. The van der Waals surface area contributed by atoms with Crippen molar-refractivity contribution in [2.24, 2.45) is 0 Å². The van der Waals surface area contributed by atoms with Crippen LogP contribution >= 0.6 is 0 Å². The quantitative estimate of drug-likeness (QED) is 0.633. The molecule has 4 nitrogen and oxygen atoms in total. The summed E-state index contributed by atoms with van der Waals surface area (Å²) in [6.45, 7) is 6.57. The molecule has 0 aromatic heterocycles. The predicted octanol–water partition coefficient (Wildman–Crippen LogP) is 2.83. The summed E-state index contributed by atoms with van der Waals surface area (Å²) in [5.74, 6) is 0. The maximum absolute atomic E-state index is 12.0. The molecule has 1 unspecified atom stereocenters. The molecule has 0 N–H and O–H groups in total. The van der Waals surface area contributed by atoms with Gasteiger partial charge in [0.2, 0.25) is 0 Å². The Bertz CT molecular complexity index is 599. The maximum Gasteiger partial charge on any atom is 0.297 e. The van der Waals surface area contributed by atoms with Gasteiger partial charge in [-0.3, -0.25) is 4.18 Å². The van der Waals surface area contributed by atoms with Gasteiger partial charge in [0, 0.05) is 0 Å². The zero-order valence-electron chi connectivity index (χ0n) is 12.0. The van der Waals surface area contributed by atoms with Gasteiger partial charge in [0.15, 0.2) is 0 Å². The van der Waals surface area contributed by atoms with Crippen molar-refractivity contribution in [3.8, 4) is 0 Å². The van der Waals surface area contributed by atoms with Gasteiger partial charge >= 0.3 is 0 Å². The summed E-state index contributed by atoms with van der Waals surface area (Å²) in [6.07, 6.45) is 0.522. The van der Waals surface area contributed by atoms with E-state index in [0.717, 1.165) is 12.0 Å². The fraction of sp³-hybridized carbons (Fsp3) is 0.467. The number of rotatable bonds is 4. The van der Waals surface area contributed by atoms with Crippen LogP contribution in [0.3, 0.4) is 0 Å². The Balaban J connectivity index is 1.98. The van der Waals surface area contributed by atoms with Crippen molar-refractivity contribution in [3.05, 3.63) is 41.0 Å². The van der Waals surface area contributed by atoms with Crippen LogP contribution in [-0.2, 0) is 19.0 Å². The van der Waals surface area contributed by atoms with E-state index < -0.39 is 10.1 Å². The summed E-state index contributed by atoms with van der Waals surface area (Å²) in [6, 6.07) is 6.62. The molecule has 1 aliphatic heterocycles. The standard InChI is InChI=1S/C15H20O4S/c1-11-4-6-15(7-5-11)20(16,17)19-10-14-8-12(2)13(3)9-18-14/h4-7,14H,8-10H2,1-3H3. The zero-order valence-corrected chi connectivity index (χ0v) is 12.9. The molecule has 1 heterocycles. The highest BCUT2D eigenvalue weighted by molar-refractivity contribution is 7.86. The lowest BCUT2D eigenvalue weighted by molar-refractivity contribution is 0.0256. The minimum atomic E-state index is -3.70. The number of aryl methyl sites for hydroxylation is 1. The first-order valence-corrected chi connectivity index (χ1v) is 8.02. The van der Waals surface area contributed by atoms with Gasteiger partial charge in [0.1, 0.15) is 0 Å². The topological polar surface area (TPSA) is 52.6 Å². The number of hydrogen-bond donors (Lipinski definition) is 0. The monoisotopic (exact) mass is 296 g/mol. The van der Waals surface area contributed by atoms with Crippen LogP contribution < -0.4 is 0 Å². The summed E-state index contributed by atoms with van der Waals surface area (Å²) in [5, 5.41) is 0. The first-order chi connectivity index (χ1) is 9.38. The third kappa shape index (κ3) is 3.69. The van der Waals surface area contributed by atoms with E-state index in [1.165, 1.54) is 11.1 Å². The van der Waals surface area contributed by atoms with Crippen molar-refractivity contribution < 1.29 is 17.3 Å². The van der Waals surface area contributed by atoms with Crippen LogP contribution in [0.2, 0.25) is 0 Å². The first kappa shape index (κ1) is 15.2. The van der Waals surface area contributed by atoms with Crippen molar-refractivity contribution in [2.45, 2.75) is 38.2 Å². The summed E-state index contributed by atoms with van der Waals surface area (Å²) < 4.78 is 34.8.